The van der Waals surface area contributed by atoms with Gasteiger partial charge in [0.1, 0.15) is 17.8 Å². The van der Waals surface area contributed by atoms with E-state index in [0.29, 0.717) is 6.61 Å². The van der Waals surface area contributed by atoms with E-state index in [4.69, 9.17) is 24.7 Å². The summed E-state index contributed by atoms with van der Waals surface area (Å²) in [6.07, 6.45) is -1.17. The first-order chi connectivity index (χ1) is 7.47. The third-order valence-corrected chi connectivity index (χ3v) is 3.45. The topological polar surface area (TPSA) is 83.2 Å². The monoisotopic (exact) mass is 231 g/mol. The molecule has 3 rings (SSSR count). The Morgan fingerprint density at radius 2 is 2.06 bits per heavy atom. The molecule has 3 fully saturated rings. The SMILES string of the molecule is CC1(C)O[C@@H]2[C@H](N)[C@H]3OC[C@](CO)(O3)[C@@H]2O1. The van der Waals surface area contributed by atoms with Gasteiger partial charge in [-0.2, -0.15) is 0 Å². The van der Waals surface area contributed by atoms with Crippen LogP contribution in [0.4, 0.5) is 0 Å². The number of ether oxygens (including phenoxy) is 4. The molecule has 0 unspecified atom stereocenters. The van der Waals surface area contributed by atoms with Gasteiger partial charge in [-0.1, -0.05) is 0 Å². The molecule has 16 heavy (non-hydrogen) atoms. The fourth-order valence-electron chi connectivity index (χ4n) is 2.67. The zero-order valence-electron chi connectivity index (χ0n) is 9.38. The van der Waals surface area contributed by atoms with Crippen LogP contribution >= 0.6 is 0 Å². The number of hydrogen-bond donors (Lipinski definition) is 2. The van der Waals surface area contributed by atoms with E-state index in [2.05, 4.69) is 0 Å². The van der Waals surface area contributed by atoms with Gasteiger partial charge < -0.3 is 29.8 Å². The Kier molecular flexibility index (Phi) is 2.15. The van der Waals surface area contributed by atoms with Crippen molar-refractivity contribution in [2.75, 3.05) is 13.2 Å². The molecule has 0 aromatic heterocycles. The number of aliphatic hydroxyl groups is 1. The third-order valence-electron chi connectivity index (χ3n) is 3.45. The molecule has 3 saturated heterocycles. The maximum Gasteiger partial charge on any atom is 0.176 e. The molecule has 3 heterocycles. The van der Waals surface area contributed by atoms with Crippen molar-refractivity contribution in [3.63, 3.8) is 0 Å². The highest BCUT2D eigenvalue weighted by atomic mass is 16.8. The van der Waals surface area contributed by atoms with Crippen molar-refractivity contribution in [1.82, 2.24) is 0 Å². The van der Waals surface area contributed by atoms with E-state index in [9.17, 15) is 5.11 Å². The molecule has 3 aliphatic rings. The van der Waals surface area contributed by atoms with Gasteiger partial charge in [0.25, 0.3) is 0 Å². The molecule has 92 valence electrons. The van der Waals surface area contributed by atoms with Crippen LogP contribution in [0.25, 0.3) is 0 Å². The van der Waals surface area contributed by atoms with Crippen molar-refractivity contribution in [2.24, 2.45) is 5.73 Å². The van der Waals surface area contributed by atoms with E-state index in [1.807, 2.05) is 13.8 Å². The lowest BCUT2D eigenvalue weighted by Gasteiger charge is -2.39. The fourth-order valence-corrected chi connectivity index (χ4v) is 2.67. The zero-order valence-corrected chi connectivity index (χ0v) is 9.38. The molecule has 0 aromatic carbocycles. The predicted octanol–water partition coefficient (Wildman–Crippen LogP) is -1.05. The van der Waals surface area contributed by atoms with Gasteiger partial charge in [0.15, 0.2) is 12.1 Å². The summed E-state index contributed by atoms with van der Waals surface area (Å²) in [5, 5.41) is 9.49. The zero-order chi connectivity index (χ0) is 11.6. The predicted molar refractivity (Wildman–Crippen MR) is 52.4 cm³/mol. The summed E-state index contributed by atoms with van der Waals surface area (Å²) >= 11 is 0. The van der Waals surface area contributed by atoms with Crippen LogP contribution in [0.2, 0.25) is 0 Å². The summed E-state index contributed by atoms with van der Waals surface area (Å²) in [6, 6.07) is -0.381. The number of aliphatic hydroxyl groups excluding tert-OH is 1. The summed E-state index contributed by atoms with van der Waals surface area (Å²) in [6.45, 7) is 3.80. The number of fused-ring (bicyclic) bond motifs is 4. The molecule has 3 N–H and O–H groups in total. The molecule has 2 bridgehead atoms. The van der Waals surface area contributed by atoms with Gasteiger partial charge >= 0.3 is 0 Å². The normalized spacial score (nSPS) is 54.0. The van der Waals surface area contributed by atoms with Crippen LogP contribution in [0.1, 0.15) is 13.8 Å². The lowest BCUT2D eigenvalue weighted by atomic mass is 9.89. The first-order valence-electron chi connectivity index (χ1n) is 5.49. The molecule has 6 nitrogen and oxygen atoms in total. The highest BCUT2D eigenvalue weighted by Gasteiger charge is 2.64. The Balaban J connectivity index is 1.95. The van der Waals surface area contributed by atoms with Gasteiger partial charge in [-0.3, -0.25) is 0 Å². The van der Waals surface area contributed by atoms with E-state index >= 15 is 0 Å². The Morgan fingerprint density at radius 1 is 1.31 bits per heavy atom. The highest BCUT2D eigenvalue weighted by molar-refractivity contribution is 5.09. The van der Waals surface area contributed by atoms with Gasteiger partial charge in [-0.05, 0) is 13.8 Å². The molecule has 0 radical (unpaired) electrons. The standard InChI is InChI=1S/C10H17NO5/c1-9(2)14-6-5(11)8-13-4-10(3-12,16-8)7(6)15-9/h5-8,12H,3-4,11H2,1-2H3/t5-,6+,7+,8-,10-/m0/s1. The van der Waals surface area contributed by atoms with Crippen molar-refractivity contribution < 1.29 is 24.1 Å². The Bertz CT molecular complexity index is 310. The minimum Gasteiger partial charge on any atom is -0.393 e. The molecule has 0 aliphatic carbocycles. The summed E-state index contributed by atoms with van der Waals surface area (Å²) < 4.78 is 22.6. The minimum absolute atomic E-state index is 0.156. The average Bonchev–Trinajstić information content (AvgIpc) is 2.76. The molecule has 3 aliphatic heterocycles. The Morgan fingerprint density at radius 3 is 2.75 bits per heavy atom. The van der Waals surface area contributed by atoms with E-state index in [0.717, 1.165) is 0 Å². The van der Waals surface area contributed by atoms with Gasteiger partial charge in [0.2, 0.25) is 0 Å². The van der Waals surface area contributed by atoms with Crippen LogP contribution in [0.3, 0.4) is 0 Å². The van der Waals surface area contributed by atoms with E-state index in [-0.39, 0.29) is 24.9 Å². The maximum absolute atomic E-state index is 9.49. The van der Waals surface area contributed by atoms with E-state index < -0.39 is 17.7 Å². The summed E-state index contributed by atoms with van der Waals surface area (Å²) in [4.78, 5) is 0. The van der Waals surface area contributed by atoms with Crippen LogP contribution < -0.4 is 5.73 Å². The van der Waals surface area contributed by atoms with Gasteiger partial charge in [0, 0.05) is 0 Å². The smallest absolute Gasteiger partial charge is 0.176 e. The lowest BCUT2D eigenvalue weighted by Crippen LogP contribution is -2.63. The number of hydrogen-bond acceptors (Lipinski definition) is 6. The highest BCUT2D eigenvalue weighted by Crippen LogP contribution is 2.45. The van der Waals surface area contributed by atoms with E-state index in [1.165, 1.54) is 0 Å². The van der Waals surface area contributed by atoms with Gasteiger partial charge in [0.05, 0.1) is 19.3 Å². The molecular weight excluding hydrogens is 214 g/mol. The summed E-state index contributed by atoms with van der Waals surface area (Å²) in [7, 11) is 0. The quantitative estimate of drug-likeness (QED) is 0.599. The van der Waals surface area contributed by atoms with Crippen molar-refractivity contribution in [1.29, 1.82) is 0 Å². The van der Waals surface area contributed by atoms with Crippen molar-refractivity contribution in [2.45, 2.75) is 49.8 Å². The lowest BCUT2D eigenvalue weighted by molar-refractivity contribution is -0.203. The van der Waals surface area contributed by atoms with Crippen molar-refractivity contribution in [3.8, 4) is 0 Å². The van der Waals surface area contributed by atoms with E-state index in [1.54, 1.807) is 0 Å². The number of nitrogens with two attached hydrogens (primary N) is 1. The molecule has 0 spiro atoms. The maximum atomic E-state index is 9.49. The second-order valence-corrected chi connectivity index (χ2v) is 5.12. The van der Waals surface area contributed by atoms with Crippen LogP contribution in [-0.2, 0) is 18.9 Å². The molecular formula is C10H17NO5. The second-order valence-electron chi connectivity index (χ2n) is 5.12. The van der Waals surface area contributed by atoms with Crippen molar-refractivity contribution in [3.05, 3.63) is 0 Å². The first-order valence-corrected chi connectivity index (χ1v) is 5.49. The van der Waals surface area contributed by atoms with Crippen LogP contribution in [0, 0.1) is 0 Å². The van der Waals surface area contributed by atoms with Gasteiger partial charge in [-0.15, -0.1) is 0 Å². The Labute approximate surface area is 93.6 Å². The molecule has 5 atom stereocenters. The van der Waals surface area contributed by atoms with Gasteiger partial charge in [-0.25, -0.2) is 0 Å². The Hall–Kier alpha value is -0.240. The summed E-state index contributed by atoms with van der Waals surface area (Å²) in [5.74, 6) is -0.692. The second kappa shape index (κ2) is 3.16. The van der Waals surface area contributed by atoms with Crippen LogP contribution in [0.5, 0.6) is 0 Å². The summed E-state index contributed by atoms with van der Waals surface area (Å²) in [5.41, 5.74) is 5.18. The largest absolute Gasteiger partial charge is 0.393 e. The van der Waals surface area contributed by atoms with Crippen LogP contribution in [-0.4, -0.2) is 54.2 Å². The molecule has 0 saturated carbocycles. The van der Waals surface area contributed by atoms with Crippen LogP contribution in [0.15, 0.2) is 0 Å². The third kappa shape index (κ3) is 1.28. The fraction of sp³-hybridized carbons (Fsp3) is 1.00. The first kappa shape index (κ1) is 10.9. The molecule has 6 heteroatoms. The average molecular weight is 231 g/mol. The molecule has 0 amide bonds. The van der Waals surface area contributed by atoms with Crippen molar-refractivity contribution >= 4 is 0 Å². The number of rotatable bonds is 1. The minimum atomic E-state index is -0.820. The molecule has 0 aromatic rings.